The number of aromatic nitrogens is 4. The number of piperidine rings is 2. The molecular weight excluding hydrogens is 328 g/mol. The van der Waals surface area contributed by atoms with Gasteiger partial charge in [-0.05, 0) is 37.8 Å². The van der Waals surface area contributed by atoms with Gasteiger partial charge >= 0.3 is 0 Å². The van der Waals surface area contributed by atoms with Crippen molar-refractivity contribution in [3.8, 4) is 0 Å². The van der Waals surface area contributed by atoms with Crippen molar-refractivity contribution in [2.75, 3.05) is 31.1 Å². The van der Waals surface area contributed by atoms with Gasteiger partial charge in [0.05, 0.1) is 0 Å². The van der Waals surface area contributed by atoms with Crippen LogP contribution in [0.3, 0.4) is 0 Å². The summed E-state index contributed by atoms with van der Waals surface area (Å²) in [4.78, 5) is 25.9. The first-order valence-corrected chi connectivity index (χ1v) is 9.51. The highest BCUT2D eigenvalue weighted by Crippen LogP contribution is 2.39. The van der Waals surface area contributed by atoms with Gasteiger partial charge in [0.15, 0.2) is 0 Å². The van der Waals surface area contributed by atoms with Crippen LogP contribution in [0.25, 0.3) is 0 Å². The lowest BCUT2D eigenvalue weighted by atomic mass is 9.73. The average Bonchev–Trinajstić information content (AvgIpc) is 3.20. The lowest BCUT2D eigenvalue weighted by Gasteiger charge is -2.48. The van der Waals surface area contributed by atoms with Crippen molar-refractivity contribution < 1.29 is 4.79 Å². The summed E-state index contributed by atoms with van der Waals surface area (Å²) in [6.07, 6.45) is 12.4. The van der Waals surface area contributed by atoms with Gasteiger partial charge in [0, 0.05) is 69.3 Å². The van der Waals surface area contributed by atoms with Crippen LogP contribution in [0.5, 0.6) is 0 Å². The molecule has 0 N–H and O–H groups in total. The van der Waals surface area contributed by atoms with Crippen LogP contribution in [-0.4, -0.2) is 56.7 Å². The van der Waals surface area contributed by atoms with E-state index in [1.807, 2.05) is 23.0 Å². The second kappa shape index (κ2) is 7.43. The molecule has 1 atom stereocenters. The molecule has 0 bridgehead atoms. The number of anilines is 1. The molecule has 0 radical (unpaired) electrons. The molecule has 0 aromatic carbocycles. The average molecular weight is 354 g/mol. The van der Waals surface area contributed by atoms with Gasteiger partial charge in [-0.15, -0.1) is 0 Å². The van der Waals surface area contributed by atoms with Gasteiger partial charge in [0.2, 0.25) is 11.9 Å². The summed E-state index contributed by atoms with van der Waals surface area (Å²) < 4.78 is 1.83. The van der Waals surface area contributed by atoms with Crippen LogP contribution in [0.1, 0.15) is 32.1 Å². The highest BCUT2D eigenvalue weighted by atomic mass is 16.2. The van der Waals surface area contributed by atoms with E-state index in [0.717, 1.165) is 45.0 Å². The van der Waals surface area contributed by atoms with E-state index in [1.165, 1.54) is 12.8 Å². The molecule has 1 unspecified atom stereocenters. The molecule has 2 saturated heterocycles. The van der Waals surface area contributed by atoms with Crippen molar-refractivity contribution in [3.63, 3.8) is 0 Å². The predicted molar refractivity (Wildman–Crippen MR) is 98.6 cm³/mol. The Morgan fingerprint density at radius 3 is 2.62 bits per heavy atom. The summed E-state index contributed by atoms with van der Waals surface area (Å²) in [5, 5.41) is 4.19. The quantitative estimate of drug-likeness (QED) is 0.840. The maximum Gasteiger partial charge on any atom is 0.225 e. The molecule has 2 aliphatic heterocycles. The molecule has 4 rings (SSSR count). The zero-order valence-electron chi connectivity index (χ0n) is 15.1. The van der Waals surface area contributed by atoms with Gasteiger partial charge in [-0.3, -0.25) is 9.48 Å². The number of nitrogens with zero attached hydrogens (tertiary/aromatic N) is 6. The summed E-state index contributed by atoms with van der Waals surface area (Å²) in [5.41, 5.74) is 0.178. The van der Waals surface area contributed by atoms with Crippen LogP contribution < -0.4 is 4.90 Å². The Labute approximate surface area is 154 Å². The van der Waals surface area contributed by atoms with Gasteiger partial charge in [-0.1, -0.05) is 0 Å². The fourth-order valence-electron chi connectivity index (χ4n) is 4.39. The summed E-state index contributed by atoms with van der Waals surface area (Å²) >= 11 is 0. The highest BCUT2D eigenvalue weighted by Gasteiger charge is 2.40. The van der Waals surface area contributed by atoms with Gasteiger partial charge < -0.3 is 9.80 Å². The van der Waals surface area contributed by atoms with Gasteiger partial charge in [-0.25, -0.2) is 9.97 Å². The number of likely N-dealkylation sites (tertiary alicyclic amines) is 1. The molecule has 2 aromatic rings. The Morgan fingerprint density at radius 2 is 1.85 bits per heavy atom. The minimum absolute atomic E-state index is 0.178. The Hall–Kier alpha value is -2.44. The van der Waals surface area contributed by atoms with Crippen LogP contribution in [0, 0.1) is 5.41 Å². The Kier molecular flexibility index (Phi) is 4.86. The van der Waals surface area contributed by atoms with E-state index in [9.17, 15) is 4.79 Å². The third-order valence-electron chi connectivity index (χ3n) is 5.62. The topological polar surface area (TPSA) is 67.2 Å². The molecule has 138 valence electrons. The number of carbonyl (C=O) groups excluding carboxylic acids is 1. The lowest BCUT2D eigenvalue weighted by Crippen LogP contribution is -2.54. The van der Waals surface area contributed by atoms with E-state index >= 15 is 0 Å². The van der Waals surface area contributed by atoms with E-state index in [4.69, 9.17) is 0 Å². The first-order valence-electron chi connectivity index (χ1n) is 9.51. The first-order chi connectivity index (χ1) is 12.7. The van der Waals surface area contributed by atoms with Crippen molar-refractivity contribution in [3.05, 3.63) is 36.9 Å². The van der Waals surface area contributed by atoms with E-state index < -0.39 is 0 Å². The number of hydrogen-bond donors (Lipinski definition) is 0. The molecule has 2 aliphatic rings. The molecule has 4 heterocycles. The van der Waals surface area contributed by atoms with Crippen LogP contribution in [0.4, 0.5) is 5.95 Å². The van der Waals surface area contributed by atoms with Crippen molar-refractivity contribution in [1.82, 2.24) is 24.6 Å². The maximum atomic E-state index is 12.7. The van der Waals surface area contributed by atoms with Gasteiger partial charge in [0.25, 0.3) is 0 Å². The van der Waals surface area contributed by atoms with E-state index in [2.05, 4.69) is 24.9 Å². The summed E-state index contributed by atoms with van der Waals surface area (Å²) in [6.45, 7) is 4.33. The van der Waals surface area contributed by atoms with E-state index in [1.54, 1.807) is 18.6 Å². The summed E-state index contributed by atoms with van der Waals surface area (Å²) in [7, 11) is 0. The second-order valence-corrected chi connectivity index (χ2v) is 7.51. The molecule has 0 saturated carbocycles. The first kappa shape index (κ1) is 17.0. The number of aryl methyl sites for hydroxylation is 1. The largest absolute Gasteiger partial charge is 0.342 e. The highest BCUT2D eigenvalue weighted by molar-refractivity contribution is 5.76. The fourth-order valence-corrected chi connectivity index (χ4v) is 4.39. The smallest absolute Gasteiger partial charge is 0.225 e. The van der Waals surface area contributed by atoms with Crippen molar-refractivity contribution in [1.29, 1.82) is 0 Å². The number of hydrogen-bond acceptors (Lipinski definition) is 5. The third-order valence-corrected chi connectivity index (χ3v) is 5.62. The van der Waals surface area contributed by atoms with Crippen LogP contribution in [0.2, 0.25) is 0 Å². The predicted octanol–water partition coefficient (Wildman–Crippen LogP) is 1.97. The third kappa shape index (κ3) is 3.71. The fraction of sp³-hybridized carbons (Fsp3) is 0.579. The zero-order chi connectivity index (χ0) is 17.8. The molecule has 1 amide bonds. The van der Waals surface area contributed by atoms with E-state index in [0.29, 0.717) is 13.0 Å². The summed E-state index contributed by atoms with van der Waals surface area (Å²) in [6, 6.07) is 3.74. The number of amides is 1. The Morgan fingerprint density at radius 1 is 1.04 bits per heavy atom. The van der Waals surface area contributed by atoms with Gasteiger partial charge in [0.1, 0.15) is 0 Å². The molecule has 7 nitrogen and oxygen atoms in total. The Bertz CT molecular complexity index is 715. The molecule has 7 heteroatoms. The lowest BCUT2D eigenvalue weighted by molar-refractivity contribution is -0.135. The molecule has 2 aromatic heterocycles. The molecule has 2 fully saturated rings. The van der Waals surface area contributed by atoms with E-state index in [-0.39, 0.29) is 11.3 Å². The molecule has 0 aliphatic carbocycles. The maximum absolute atomic E-state index is 12.7. The Balaban J connectivity index is 1.39. The minimum atomic E-state index is 0.178. The van der Waals surface area contributed by atoms with Crippen LogP contribution >= 0.6 is 0 Å². The standard InChI is InChI=1S/C19H26N6O/c26-17(5-14-25-13-4-10-22-25)23-11-1-6-19(15-23)7-2-12-24(16-19)18-20-8-3-9-21-18/h3-4,8-10,13H,1-2,5-7,11-12,14-16H2. The van der Waals surface area contributed by atoms with Crippen LogP contribution in [0.15, 0.2) is 36.9 Å². The van der Waals surface area contributed by atoms with Crippen molar-refractivity contribution in [2.24, 2.45) is 5.41 Å². The molecular formula is C19H26N6O. The van der Waals surface area contributed by atoms with Gasteiger partial charge in [-0.2, -0.15) is 5.10 Å². The van der Waals surface area contributed by atoms with Crippen molar-refractivity contribution in [2.45, 2.75) is 38.6 Å². The normalized spacial score (nSPS) is 23.4. The SMILES string of the molecule is O=C(CCn1cccn1)N1CCCC2(CCCN(c3ncccn3)C2)C1. The monoisotopic (exact) mass is 354 g/mol. The van der Waals surface area contributed by atoms with Crippen molar-refractivity contribution >= 4 is 11.9 Å². The second-order valence-electron chi connectivity index (χ2n) is 7.51. The minimum Gasteiger partial charge on any atom is -0.342 e. The summed E-state index contributed by atoms with van der Waals surface area (Å²) in [5.74, 6) is 1.06. The number of rotatable bonds is 4. The van der Waals surface area contributed by atoms with Crippen LogP contribution in [-0.2, 0) is 11.3 Å². The number of carbonyl (C=O) groups is 1. The molecule has 26 heavy (non-hydrogen) atoms. The molecule has 1 spiro atoms. The zero-order valence-corrected chi connectivity index (χ0v) is 15.1.